The SMILES string of the molecule is CCc1c(F)c(F)c(F)c(F)c1B1OC(C)(C)C(C)(C)O1. The van der Waals surface area contributed by atoms with Crippen LogP contribution in [0, 0.1) is 23.3 Å². The van der Waals surface area contributed by atoms with Crippen molar-refractivity contribution in [1.29, 1.82) is 0 Å². The zero-order valence-corrected chi connectivity index (χ0v) is 12.6. The predicted molar refractivity (Wildman–Crippen MR) is 71.4 cm³/mol. The maximum atomic E-state index is 14.1. The van der Waals surface area contributed by atoms with Crippen molar-refractivity contribution in [3.63, 3.8) is 0 Å². The van der Waals surface area contributed by atoms with E-state index in [9.17, 15) is 17.6 Å². The molecule has 2 rings (SSSR count). The van der Waals surface area contributed by atoms with Gasteiger partial charge < -0.3 is 9.31 Å². The Balaban J connectivity index is 2.61. The van der Waals surface area contributed by atoms with Crippen LogP contribution in [0.2, 0.25) is 0 Å². The quantitative estimate of drug-likeness (QED) is 0.362. The summed E-state index contributed by atoms with van der Waals surface area (Å²) < 4.78 is 66.0. The third kappa shape index (κ3) is 2.36. The molecule has 0 radical (unpaired) electrons. The lowest BCUT2D eigenvalue weighted by molar-refractivity contribution is 0.00578. The van der Waals surface area contributed by atoms with Gasteiger partial charge in [-0.3, -0.25) is 0 Å². The van der Waals surface area contributed by atoms with E-state index in [1.54, 1.807) is 27.7 Å². The van der Waals surface area contributed by atoms with Crippen molar-refractivity contribution < 1.29 is 26.9 Å². The third-order valence-electron chi connectivity index (χ3n) is 4.25. The highest BCUT2D eigenvalue weighted by atomic mass is 19.2. The van der Waals surface area contributed by atoms with Crippen LogP contribution in [0.5, 0.6) is 0 Å². The first-order valence-electron chi connectivity index (χ1n) is 6.73. The second-order valence-corrected chi connectivity index (χ2v) is 6.09. The third-order valence-corrected chi connectivity index (χ3v) is 4.25. The molecule has 0 unspecified atom stereocenters. The molecule has 0 bridgehead atoms. The average molecular weight is 304 g/mol. The molecule has 0 atom stereocenters. The van der Waals surface area contributed by atoms with Gasteiger partial charge in [0.1, 0.15) is 0 Å². The molecule has 1 aliphatic rings. The molecule has 1 fully saturated rings. The highest BCUT2D eigenvalue weighted by Crippen LogP contribution is 2.37. The van der Waals surface area contributed by atoms with Gasteiger partial charge in [-0.2, -0.15) is 0 Å². The van der Waals surface area contributed by atoms with E-state index in [4.69, 9.17) is 9.31 Å². The van der Waals surface area contributed by atoms with Crippen molar-refractivity contribution >= 4 is 12.6 Å². The average Bonchev–Trinajstić information content (AvgIpc) is 2.59. The molecule has 0 N–H and O–H groups in total. The van der Waals surface area contributed by atoms with E-state index in [1.165, 1.54) is 6.92 Å². The summed E-state index contributed by atoms with van der Waals surface area (Å²) in [6.45, 7) is 8.43. The summed E-state index contributed by atoms with van der Waals surface area (Å²) in [5.74, 6) is -6.54. The first kappa shape index (κ1) is 16.3. The second-order valence-electron chi connectivity index (χ2n) is 6.09. The maximum absolute atomic E-state index is 14.1. The molecule has 0 spiro atoms. The summed E-state index contributed by atoms with van der Waals surface area (Å²) in [6.07, 6.45) is -0.0145. The van der Waals surface area contributed by atoms with Crippen LogP contribution in [0.15, 0.2) is 0 Å². The summed E-state index contributed by atoms with van der Waals surface area (Å²) in [6, 6.07) is 0. The van der Waals surface area contributed by atoms with Crippen LogP contribution in [0.1, 0.15) is 40.2 Å². The fourth-order valence-electron chi connectivity index (χ4n) is 2.25. The normalized spacial score (nSPS) is 20.1. The van der Waals surface area contributed by atoms with E-state index >= 15 is 0 Å². The number of hydrogen-bond acceptors (Lipinski definition) is 2. The van der Waals surface area contributed by atoms with Crippen molar-refractivity contribution in [2.75, 3.05) is 0 Å². The predicted octanol–water partition coefficient (Wildman–Crippen LogP) is 3.10. The highest BCUT2D eigenvalue weighted by Gasteiger charge is 2.53. The topological polar surface area (TPSA) is 18.5 Å². The van der Waals surface area contributed by atoms with Gasteiger partial charge in [0.25, 0.3) is 0 Å². The minimum atomic E-state index is -1.85. The fraction of sp³-hybridized carbons (Fsp3) is 0.571. The van der Waals surface area contributed by atoms with Gasteiger partial charge in [0, 0.05) is 5.46 Å². The van der Waals surface area contributed by atoms with Crippen LogP contribution in [-0.4, -0.2) is 18.3 Å². The summed E-state index contributed by atoms with van der Waals surface area (Å²) in [7, 11) is -1.28. The lowest BCUT2D eigenvalue weighted by atomic mass is 9.74. The van der Waals surface area contributed by atoms with Crippen molar-refractivity contribution in [3.05, 3.63) is 28.8 Å². The first-order chi connectivity index (χ1) is 9.53. The van der Waals surface area contributed by atoms with E-state index in [1.807, 2.05) is 0 Å². The molecule has 1 heterocycles. The van der Waals surface area contributed by atoms with Gasteiger partial charge >= 0.3 is 7.12 Å². The summed E-state index contributed by atoms with van der Waals surface area (Å²) in [5.41, 5.74) is -2.27. The smallest absolute Gasteiger partial charge is 0.399 e. The monoisotopic (exact) mass is 304 g/mol. The van der Waals surface area contributed by atoms with Gasteiger partial charge in [-0.1, -0.05) is 6.92 Å². The highest BCUT2D eigenvalue weighted by molar-refractivity contribution is 6.62. The van der Waals surface area contributed by atoms with Crippen LogP contribution < -0.4 is 5.46 Å². The Labute approximate surface area is 121 Å². The minimum Gasteiger partial charge on any atom is -0.399 e. The molecule has 1 aromatic rings. The molecular weight excluding hydrogens is 287 g/mol. The van der Waals surface area contributed by atoms with Gasteiger partial charge in [-0.15, -0.1) is 0 Å². The van der Waals surface area contributed by atoms with Crippen molar-refractivity contribution in [2.24, 2.45) is 0 Å². The van der Waals surface area contributed by atoms with Gasteiger partial charge in [-0.25, -0.2) is 17.6 Å². The standard InChI is InChI=1S/C14H17BF4O2/c1-6-7-8(10(17)12(19)11(18)9(7)16)15-20-13(2,3)14(4,5)21-15/h6H2,1-5H3. The van der Waals surface area contributed by atoms with E-state index in [0.717, 1.165) is 0 Å². The molecule has 1 aliphatic heterocycles. The zero-order valence-electron chi connectivity index (χ0n) is 12.6. The van der Waals surface area contributed by atoms with Gasteiger partial charge in [0.05, 0.1) is 11.2 Å². The molecule has 116 valence electrons. The van der Waals surface area contributed by atoms with E-state index in [2.05, 4.69) is 0 Å². The number of rotatable bonds is 2. The number of halogens is 4. The van der Waals surface area contributed by atoms with Crippen LogP contribution in [-0.2, 0) is 15.7 Å². The Morgan fingerprint density at radius 1 is 0.810 bits per heavy atom. The molecule has 2 nitrogen and oxygen atoms in total. The zero-order chi connectivity index (χ0) is 16.2. The van der Waals surface area contributed by atoms with E-state index in [-0.39, 0.29) is 12.0 Å². The molecule has 0 saturated carbocycles. The fourth-order valence-corrected chi connectivity index (χ4v) is 2.25. The van der Waals surface area contributed by atoms with Gasteiger partial charge in [-0.05, 0) is 39.7 Å². The molecule has 0 amide bonds. The summed E-state index contributed by atoms with van der Waals surface area (Å²) in [4.78, 5) is 0. The molecule has 21 heavy (non-hydrogen) atoms. The van der Waals surface area contributed by atoms with Crippen LogP contribution in [0.25, 0.3) is 0 Å². The summed E-state index contributed by atoms with van der Waals surface area (Å²) in [5, 5.41) is 0. The Bertz CT molecular complexity index is 571. The van der Waals surface area contributed by atoms with Crippen LogP contribution in [0.3, 0.4) is 0 Å². The van der Waals surface area contributed by atoms with Crippen LogP contribution in [0.4, 0.5) is 17.6 Å². The first-order valence-corrected chi connectivity index (χ1v) is 6.73. The number of hydrogen-bond donors (Lipinski definition) is 0. The van der Waals surface area contributed by atoms with Crippen molar-refractivity contribution in [1.82, 2.24) is 0 Å². The maximum Gasteiger partial charge on any atom is 0.498 e. The molecular formula is C14H17BF4O2. The Morgan fingerprint density at radius 3 is 1.67 bits per heavy atom. The molecule has 1 saturated heterocycles. The molecule has 7 heteroatoms. The lowest BCUT2D eigenvalue weighted by Gasteiger charge is -2.32. The van der Waals surface area contributed by atoms with Crippen molar-refractivity contribution in [3.8, 4) is 0 Å². The minimum absolute atomic E-state index is 0.0145. The van der Waals surface area contributed by atoms with Crippen molar-refractivity contribution in [2.45, 2.75) is 52.2 Å². The number of benzene rings is 1. The van der Waals surface area contributed by atoms with E-state index < -0.39 is 47.1 Å². The second kappa shape index (κ2) is 4.99. The van der Waals surface area contributed by atoms with Crippen LogP contribution >= 0.6 is 0 Å². The Kier molecular flexibility index (Phi) is 3.87. The van der Waals surface area contributed by atoms with Gasteiger partial charge in [0.15, 0.2) is 23.3 Å². The van der Waals surface area contributed by atoms with Gasteiger partial charge in [0.2, 0.25) is 0 Å². The Morgan fingerprint density at radius 2 is 1.24 bits per heavy atom. The lowest BCUT2D eigenvalue weighted by Crippen LogP contribution is -2.41. The molecule has 0 aliphatic carbocycles. The molecule has 0 aromatic heterocycles. The van der Waals surface area contributed by atoms with E-state index in [0.29, 0.717) is 0 Å². The largest absolute Gasteiger partial charge is 0.498 e. The summed E-state index contributed by atoms with van der Waals surface area (Å²) >= 11 is 0. The molecule has 1 aromatic carbocycles. The Hall–Kier alpha value is -1.08.